The number of halogens is 3. The van der Waals surface area contributed by atoms with Gasteiger partial charge in [-0.1, -0.05) is 12.1 Å². The van der Waals surface area contributed by atoms with E-state index in [1.54, 1.807) is 4.90 Å². The van der Waals surface area contributed by atoms with Crippen molar-refractivity contribution < 1.29 is 27.5 Å². The number of alkyl halides is 3. The second-order valence-electron chi connectivity index (χ2n) is 6.60. The first-order chi connectivity index (χ1) is 11.8. The molecule has 3 aliphatic rings. The van der Waals surface area contributed by atoms with Gasteiger partial charge in [0.25, 0.3) is 5.91 Å². The molecule has 2 amide bonds. The summed E-state index contributed by atoms with van der Waals surface area (Å²) >= 11 is 0. The van der Waals surface area contributed by atoms with E-state index >= 15 is 0 Å². The van der Waals surface area contributed by atoms with Gasteiger partial charge < -0.3 is 14.5 Å². The van der Waals surface area contributed by atoms with E-state index in [2.05, 4.69) is 0 Å². The molecule has 0 saturated carbocycles. The number of benzene rings is 1. The van der Waals surface area contributed by atoms with Gasteiger partial charge in [0.05, 0.1) is 30.2 Å². The number of ether oxygens (including phenoxy) is 1. The lowest BCUT2D eigenvalue weighted by Crippen LogP contribution is -2.56. The van der Waals surface area contributed by atoms with E-state index in [0.29, 0.717) is 19.6 Å². The van der Waals surface area contributed by atoms with Crippen molar-refractivity contribution in [2.24, 2.45) is 0 Å². The van der Waals surface area contributed by atoms with E-state index in [0.717, 1.165) is 12.5 Å². The van der Waals surface area contributed by atoms with Gasteiger partial charge in [-0.05, 0) is 18.6 Å². The molecular formula is C17H17F3N2O3. The topological polar surface area (TPSA) is 49.9 Å². The van der Waals surface area contributed by atoms with Crippen LogP contribution in [0.2, 0.25) is 0 Å². The average Bonchev–Trinajstić information content (AvgIpc) is 3.06. The van der Waals surface area contributed by atoms with Crippen LogP contribution in [0, 0.1) is 0 Å². The number of carbonyl (C=O) groups is 2. The van der Waals surface area contributed by atoms with Gasteiger partial charge >= 0.3 is 6.18 Å². The lowest BCUT2D eigenvalue weighted by atomic mass is 10.0. The van der Waals surface area contributed by atoms with Crippen LogP contribution in [0.5, 0.6) is 0 Å². The highest BCUT2D eigenvalue weighted by Gasteiger charge is 2.61. The minimum absolute atomic E-state index is 0.0971. The molecule has 3 saturated heterocycles. The van der Waals surface area contributed by atoms with Crippen LogP contribution in [0.3, 0.4) is 0 Å². The van der Waals surface area contributed by atoms with Crippen molar-refractivity contribution in [3.05, 3.63) is 35.4 Å². The third kappa shape index (κ3) is 2.34. The van der Waals surface area contributed by atoms with Crippen molar-refractivity contribution in [2.45, 2.75) is 37.2 Å². The standard InChI is InChI=1S/C17H17F3N2O3/c18-17(19,20)12-5-2-1-4-11(12)15(24)21-8-6-16-13(21)10-14(23)22(16)7-3-9-25-16/h1-2,4-5,13H,3,6-10H2/t13-,16+/m1/s1. The predicted octanol–water partition coefficient (Wildman–Crippen LogP) is 2.27. The minimum atomic E-state index is -4.61. The Hall–Kier alpha value is -2.09. The minimum Gasteiger partial charge on any atom is -0.353 e. The number of nitrogens with zero attached hydrogens (tertiary/aromatic N) is 2. The number of hydrogen-bond acceptors (Lipinski definition) is 3. The molecule has 0 aliphatic carbocycles. The van der Waals surface area contributed by atoms with Gasteiger partial charge in [0, 0.05) is 19.5 Å². The summed E-state index contributed by atoms with van der Waals surface area (Å²) in [5, 5.41) is 0. The fourth-order valence-electron chi connectivity index (χ4n) is 4.26. The van der Waals surface area contributed by atoms with Crippen molar-refractivity contribution in [2.75, 3.05) is 19.7 Å². The maximum absolute atomic E-state index is 13.2. The number of carbonyl (C=O) groups excluding carboxylic acids is 2. The number of likely N-dealkylation sites (tertiary alicyclic amines) is 1. The van der Waals surface area contributed by atoms with Gasteiger partial charge in [-0.3, -0.25) is 9.59 Å². The van der Waals surface area contributed by atoms with Crippen molar-refractivity contribution in [1.82, 2.24) is 9.80 Å². The zero-order chi connectivity index (χ0) is 17.8. The molecule has 1 spiro atoms. The first kappa shape index (κ1) is 16.4. The summed E-state index contributed by atoms with van der Waals surface area (Å²) in [6.45, 7) is 1.33. The fourth-order valence-corrected chi connectivity index (χ4v) is 4.26. The number of rotatable bonds is 1. The molecule has 3 heterocycles. The Morgan fingerprint density at radius 1 is 1.24 bits per heavy atom. The van der Waals surface area contributed by atoms with E-state index in [1.165, 1.54) is 23.1 Å². The van der Waals surface area contributed by atoms with Gasteiger partial charge in [-0.15, -0.1) is 0 Å². The second-order valence-corrected chi connectivity index (χ2v) is 6.60. The summed E-state index contributed by atoms with van der Waals surface area (Å²) in [5.74, 6) is -0.801. The van der Waals surface area contributed by atoms with Crippen LogP contribution in [-0.2, 0) is 15.7 Å². The van der Waals surface area contributed by atoms with E-state index in [4.69, 9.17) is 4.74 Å². The third-order valence-electron chi connectivity index (χ3n) is 5.34. The lowest BCUT2D eigenvalue weighted by Gasteiger charge is -2.42. The molecular weight excluding hydrogens is 337 g/mol. The van der Waals surface area contributed by atoms with Crippen molar-refractivity contribution >= 4 is 11.8 Å². The van der Waals surface area contributed by atoms with Crippen LogP contribution in [0.15, 0.2) is 24.3 Å². The molecule has 2 atom stereocenters. The van der Waals surface area contributed by atoms with Crippen LogP contribution in [0.25, 0.3) is 0 Å². The van der Waals surface area contributed by atoms with Gasteiger partial charge in [0.15, 0.2) is 5.72 Å². The summed E-state index contributed by atoms with van der Waals surface area (Å²) in [6, 6.07) is 4.23. The van der Waals surface area contributed by atoms with E-state index in [9.17, 15) is 22.8 Å². The van der Waals surface area contributed by atoms with Gasteiger partial charge in [-0.2, -0.15) is 13.2 Å². The van der Waals surface area contributed by atoms with Crippen molar-refractivity contribution in [1.29, 1.82) is 0 Å². The van der Waals surface area contributed by atoms with E-state index in [-0.39, 0.29) is 24.4 Å². The van der Waals surface area contributed by atoms with Crippen LogP contribution in [-0.4, -0.2) is 53.1 Å². The van der Waals surface area contributed by atoms with Crippen molar-refractivity contribution in [3.63, 3.8) is 0 Å². The maximum atomic E-state index is 13.2. The van der Waals surface area contributed by atoms with Crippen LogP contribution in [0.4, 0.5) is 13.2 Å². The molecule has 1 aromatic carbocycles. The molecule has 134 valence electrons. The SMILES string of the molecule is O=C(c1ccccc1C(F)(F)F)N1CC[C@@]23OCCCN2C(=O)C[C@@H]13. The Bertz CT molecular complexity index is 736. The number of hydrogen-bond donors (Lipinski definition) is 0. The summed E-state index contributed by atoms with van der Waals surface area (Å²) in [6.07, 6.45) is -3.35. The molecule has 3 aliphatic heterocycles. The predicted molar refractivity (Wildman–Crippen MR) is 80.5 cm³/mol. The largest absolute Gasteiger partial charge is 0.417 e. The molecule has 0 unspecified atom stereocenters. The molecule has 0 aromatic heterocycles. The summed E-state index contributed by atoms with van der Waals surface area (Å²) in [7, 11) is 0. The summed E-state index contributed by atoms with van der Waals surface area (Å²) in [4.78, 5) is 28.2. The van der Waals surface area contributed by atoms with Crippen LogP contribution < -0.4 is 0 Å². The smallest absolute Gasteiger partial charge is 0.353 e. The van der Waals surface area contributed by atoms with E-state index in [1.807, 2.05) is 0 Å². The molecule has 0 N–H and O–H groups in total. The van der Waals surface area contributed by atoms with Crippen molar-refractivity contribution in [3.8, 4) is 0 Å². The van der Waals surface area contributed by atoms with Gasteiger partial charge in [-0.25, -0.2) is 0 Å². The first-order valence-corrected chi connectivity index (χ1v) is 8.26. The Morgan fingerprint density at radius 3 is 2.76 bits per heavy atom. The normalized spacial score (nSPS) is 28.9. The van der Waals surface area contributed by atoms with Crippen LogP contribution >= 0.6 is 0 Å². The number of amides is 2. The Kier molecular flexibility index (Phi) is 3.57. The molecule has 4 rings (SSSR count). The second kappa shape index (κ2) is 5.45. The van der Waals surface area contributed by atoms with Gasteiger partial charge in [0.1, 0.15) is 0 Å². The molecule has 1 aromatic rings. The monoisotopic (exact) mass is 354 g/mol. The molecule has 25 heavy (non-hydrogen) atoms. The van der Waals surface area contributed by atoms with Gasteiger partial charge in [0.2, 0.25) is 5.91 Å². The Labute approximate surface area is 142 Å². The highest BCUT2D eigenvalue weighted by molar-refractivity contribution is 5.97. The molecule has 5 nitrogen and oxygen atoms in total. The highest BCUT2D eigenvalue weighted by Crippen LogP contribution is 2.45. The fraction of sp³-hybridized carbons (Fsp3) is 0.529. The zero-order valence-electron chi connectivity index (χ0n) is 13.4. The molecule has 8 heteroatoms. The average molecular weight is 354 g/mol. The molecule has 0 radical (unpaired) electrons. The quantitative estimate of drug-likeness (QED) is 0.777. The Morgan fingerprint density at radius 2 is 2.00 bits per heavy atom. The third-order valence-corrected chi connectivity index (χ3v) is 5.34. The first-order valence-electron chi connectivity index (χ1n) is 8.26. The summed E-state index contributed by atoms with van der Waals surface area (Å²) < 4.78 is 45.6. The molecule has 0 bridgehead atoms. The maximum Gasteiger partial charge on any atom is 0.417 e. The van der Waals surface area contributed by atoms with Crippen LogP contribution in [0.1, 0.15) is 35.2 Å². The Balaban J connectivity index is 1.68. The lowest BCUT2D eigenvalue weighted by molar-refractivity contribution is -0.179. The highest BCUT2D eigenvalue weighted by atomic mass is 19.4. The molecule has 3 fully saturated rings. The summed E-state index contributed by atoms with van der Waals surface area (Å²) in [5.41, 5.74) is -2.20. The van der Waals surface area contributed by atoms with E-state index < -0.39 is 29.4 Å². The zero-order valence-corrected chi connectivity index (χ0v) is 13.4.